The average molecular weight is 530 g/mol. The highest BCUT2D eigenvalue weighted by atomic mass is 35.5. The van der Waals surface area contributed by atoms with Crippen molar-refractivity contribution in [3.8, 4) is 5.69 Å². The number of benzene rings is 1. The van der Waals surface area contributed by atoms with Crippen LogP contribution in [0.4, 0.5) is 10.6 Å². The number of amides is 1. The predicted octanol–water partition coefficient (Wildman–Crippen LogP) is 5.41. The van der Waals surface area contributed by atoms with Gasteiger partial charge >= 0.3 is 11.8 Å². The second-order valence-corrected chi connectivity index (χ2v) is 11.3. The molecule has 3 aromatic rings. The molecule has 2 aliphatic rings. The molecule has 1 atom stereocenters. The van der Waals surface area contributed by atoms with Gasteiger partial charge in [-0.3, -0.25) is 0 Å². The lowest BCUT2D eigenvalue weighted by atomic mass is 10.1. The SMILES string of the molecule is CC1CN(C(=O)OC(C)(C)C)CCN1c1nc(=O)n(-c2ccccc2C2CC2)c2nc(Cl)c(Cl)cc12. The van der Waals surface area contributed by atoms with Gasteiger partial charge in [0.05, 0.1) is 16.1 Å². The maximum absolute atomic E-state index is 13.5. The topological polar surface area (TPSA) is 80.6 Å². The minimum atomic E-state index is -0.571. The number of fused-ring (bicyclic) bond motifs is 1. The van der Waals surface area contributed by atoms with E-state index in [9.17, 15) is 9.59 Å². The molecule has 1 unspecified atom stereocenters. The van der Waals surface area contributed by atoms with Crippen molar-refractivity contribution >= 4 is 46.1 Å². The zero-order valence-corrected chi connectivity index (χ0v) is 22.3. The minimum absolute atomic E-state index is 0.120. The quantitative estimate of drug-likeness (QED) is 0.422. The molecule has 2 aromatic heterocycles. The van der Waals surface area contributed by atoms with E-state index >= 15 is 0 Å². The van der Waals surface area contributed by atoms with Gasteiger partial charge in [0.15, 0.2) is 5.65 Å². The summed E-state index contributed by atoms with van der Waals surface area (Å²) in [6.45, 7) is 8.87. The van der Waals surface area contributed by atoms with Crippen molar-refractivity contribution in [3.63, 3.8) is 0 Å². The third kappa shape index (κ3) is 4.76. The Bertz CT molecular complexity index is 1400. The van der Waals surface area contributed by atoms with Crippen molar-refractivity contribution in [3.05, 3.63) is 56.6 Å². The average Bonchev–Trinajstić information content (AvgIpc) is 3.64. The lowest BCUT2D eigenvalue weighted by Gasteiger charge is -2.41. The Balaban J connectivity index is 1.58. The van der Waals surface area contributed by atoms with E-state index < -0.39 is 11.3 Å². The van der Waals surface area contributed by atoms with Gasteiger partial charge in [-0.25, -0.2) is 19.1 Å². The van der Waals surface area contributed by atoms with E-state index in [0.717, 1.165) is 24.1 Å². The van der Waals surface area contributed by atoms with Crippen LogP contribution in [0, 0.1) is 0 Å². The molecule has 190 valence electrons. The van der Waals surface area contributed by atoms with Crippen LogP contribution in [0.3, 0.4) is 0 Å². The molecule has 0 radical (unpaired) electrons. The molecule has 1 saturated carbocycles. The number of rotatable bonds is 3. The fourth-order valence-corrected chi connectivity index (χ4v) is 5.00. The molecular weight excluding hydrogens is 501 g/mol. The Labute approximate surface area is 219 Å². The van der Waals surface area contributed by atoms with Gasteiger partial charge < -0.3 is 14.5 Å². The summed E-state index contributed by atoms with van der Waals surface area (Å²) in [6.07, 6.45) is 1.83. The summed E-state index contributed by atoms with van der Waals surface area (Å²) in [4.78, 5) is 38.9. The highest BCUT2D eigenvalue weighted by molar-refractivity contribution is 6.41. The third-order valence-corrected chi connectivity index (χ3v) is 7.18. The van der Waals surface area contributed by atoms with Crippen LogP contribution in [0.1, 0.15) is 52.0 Å². The number of piperazine rings is 1. The summed E-state index contributed by atoms with van der Waals surface area (Å²) >= 11 is 12.7. The molecule has 10 heteroatoms. The fourth-order valence-electron chi connectivity index (χ4n) is 4.72. The number of nitrogens with zero attached hydrogens (tertiary/aromatic N) is 5. The summed E-state index contributed by atoms with van der Waals surface area (Å²) < 4.78 is 7.08. The smallest absolute Gasteiger partial charge is 0.410 e. The van der Waals surface area contributed by atoms with Crippen molar-refractivity contribution in [2.45, 2.75) is 58.1 Å². The zero-order chi connectivity index (χ0) is 25.8. The molecule has 8 nitrogen and oxygen atoms in total. The second kappa shape index (κ2) is 9.23. The molecule has 5 rings (SSSR count). The van der Waals surface area contributed by atoms with Gasteiger partial charge in [-0.1, -0.05) is 41.4 Å². The molecule has 1 saturated heterocycles. The molecule has 1 aliphatic carbocycles. The number of hydrogen-bond donors (Lipinski definition) is 0. The van der Waals surface area contributed by atoms with E-state index in [1.807, 2.05) is 50.8 Å². The molecule has 1 amide bonds. The summed E-state index contributed by atoms with van der Waals surface area (Å²) in [5, 5.41) is 1.04. The largest absolute Gasteiger partial charge is 0.444 e. The Morgan fingerprint density at radius 3 is 2.50 bits per heavy atom. The molecule has 3 heterocycles. The van der Waals surface area contributed by atoms with Crippen LogP contribution in [0.15, 0.2) is 35.1 Å². The third-order valence-electron chi connectivity index (χ3n) is 6.50. The first-order valence-corrected chi connectivity index (χ1v) is 12.9. The van der Waals surface area contributed by atoms with Crippen molar-refractivity contribution < 1.29 is 9.53 Å². The molecule has 36 heavy (non-hydrogen) atoms. The Hall–Kier alpha value is -2.84. The van der Waals surface area contributed by atoms with E-state index in [2.05, 4.69) is 16.0 Å². The molecule has 2 fully saturated rings. The minimum Gasteiger partial charge on any atom is -0.444 e. The standard InChI is InChI=1S/C26H29Cl2N5O3/c1-15-14-31(25(35)36-26(2,3)4)11-12-32(15)22-18-13-19(27)21(28)29-23(18)33(24(34)30-22)20-8-6-5-7-17(20)16-9-10-16/h5-8,13,15-16H,9-12,14H2,1-4H3. The van der Waals surface area contributed by atoms with Crippen molar-refractivity contribution in [2.75, 3.05) is 24.5 Å². The highest BCUT2D eigenvalue weighted by Crippen LogP contribution is 2.43. The van der Waals surface area contributed by atoms with E-state index in [-0.39, 0.29) is 22.3 Å². The molecule has 0 spiro atoms. The van der Waals surface area contributed by atoms with Gasteiger partial charge in [-0.2, -0.15) is 4.98 Å². The zero-order valence-electron chi connectivity index (χ0n) is 20.8. The fraction of sp³-hybridized carbons (Fsp3) is 0.462. The number of carbonyl (C=O) groups is 1. The van der Waals surface area contributed by atoms with Crippen LogP contribution in [0.5, 0.6) is 0 Å². The maximum Gasteiger partial charge on any atom is 0.410 e. The van der Waals surface area contributed by atoms with E-state index in [4.69, 9.17) is 27.9 Å². The number of ether oxygens (including phenoxy) is 1. The molecule has 0 bridgehead atoms. The lowest BCUT2D eigenvalue weighted by molar-refractivity contribution is 0.0218. The summed E-state index contributed by atoms with van der Waals surface area (Å²) in [7, 11) is 0. The van der Waals surface area contributed by atoms with Crippen molar-refractivity contribution in [1.29, 1.82) is 0 Å². The van der Waals surface area contributed by atoms with Gasteiger partial charge in [-0.05, 0) is 64.2 Å². The summed E-state index contributed by atoms with van der Waals surface area (Å²) in [6, 6.07) is 9.46. The molecule has 1 aliphatic heterocycles. The van der Waals surface area contributed by atoms with Crippen LogP contribution in [-0.2, 0) is 4.74 Å². The van der Waals surface area contributed by atoms with Gasteiger partial charge in [0.1, 0.15) is 16.6 Å². The van der Waals surface area contributed by atoms with E-state index in [1.165, 1.54) is 4.57 Å². The number of pyridine rings is 1. The number of aromatic nitrogens is 3. The highest BCUT2D eigenvalue weighted by Gasteiger charge is 2.33. The summed E-state index contributed by atoms with van der Waals surface area (Å²) in [5.74, 6) is 0.907. The number of hydrogen-bond acceptors (Lipinski definition) is 6. The summed E-state index contributed by atoms with van der Waals surface area (Å²) in [5.41, 5.74) is 1.27. The number of carbonyl (C=O) groups excluding carboxylic acids is 1. The number of anilines is 1. The Kier molecular flexibility index (Phi) is 6.37. The first-order chi connectivity index (χ1) is 17.0. The maximum atomic E-state index is 13.5. The Morgan fingerprint density at radius 1 is 1.11 bits per heavy atom. The van der Waals surface area contributed by atoms with Gasteiger partial charge in [0, 0.05) is 25.7 Å². The van der Waals surface area contributed by atoms with Crippen LogP contribution in [0.25, 0.3) is 16.7 Å². The first-order valence-electron chi connectivity index (χ1n) is 12.2. The number of halogens is 2. The van der Waals surface area contributed by atoms with Crippen molar-refractivity contribution in [1.82, 2.24) is 19.4 Å². The monoisotopic (exact) mass is 529 g/mol. The second-order valence-electron chi connectivity index (χ2n) is 10.5. The predicted molar refractivity (Wildman–Crippen MR) is 142 cm³/mol. The molecular formula is C26H29Cl2N5O3. The number of para-hydroxylation sites is 1. The van der Waals surface area contributed by atoms with Gasteiger partial charge in [0.2, 0.25) is 0 Å². The molecule has 1 aromatic carbocycles. The van der Waals surface area contributed by atoms with Crippen molar-refractivity contribution in [2.24, 2.45) is 0 Å². The van der Waals surface area contributed by atoms with E-state index in [0.29, 0.717) is 42.4 Å². The lowest BCUT2D eigenvalue weighted by Crippen LogP contribution is -2.55. The normalized spacial score (nSPS) is 18.6. The van der Waals surface area contributed by atoms with Crippen LogP contribution >= 0.6 is 23.2 Å². The molecule has 0 N–H and O–H groups in total. The van der Waals surface area contributed by atoms with Gasteiger partial charge in [0.25, 0.3) is 0 Å². The van der Waals surface area contributed by atoms with Crippen LogP contribution < -0.4 is 10.6 Å². The van der Waals surface area contributed by atoms with Crippen LogP contribution in [-0.4, -0.2) is 56.8 Å². The van der Waals surface area contributed by atoms with Crippen LogP contribution in [0.2, 0.25) is 10.2 Å². The first kappa shape index (κ1) is 24.8. The Morgan fingerprint density at radius 2 is 1.83 bits per heavy atom. The van der Waals surface area contributed by atoms with E-state index in [1.54, 1.807) is 11.0 Å². The van der Waals surface area contributed by atoms with Gasteiger partial charge in [-0.15, -0.1) is 0 Å².